The van der Waals surface area contributed by atoms with Crippen molar-refractivity contribution in [2.24, 2.45) is 5.92 Å². The molecule has 0 aromatic carbocycles. The van der Waals surface area contributed by atoms with E-state index < -0.39 is 17.2 Å². The van der Waals surface area contributed by atoms with Gasteiger partial charge in [-0.25, -0.2) is 4.79 Å². The number of carbonyl (C=O) groups is 1. The molecule has 1 aliphatic rings. The molecule has 0 spiro atoms. The van der Waals surface area contributed by atoms with Gasteiger partial charge in [-0.1, -0.05) is 6.08 Å². The van der Waals surface area contributed by atoms with Crippen LogP contribution >= 0.6 is 0 Å². The standard InChI is InChI=1S/C11H19NO3/c1-5-8-6-11(8,7-13)12-9(14)15-10(2,3)4/h5,8,13H,1,6-7H2,2-4H3,(H,12,14). The molecule has 4 nitrogen and oxygen atoms in total. The van der Waals surface area contributed by atoms with Gasteiger partial charge in [-0.3, -0.25) is 0 Å². The SMILES string of the molecule is C=CC1CC1(CO)NC(=O)OC(C)(C)C. The molecule has 2 N–H and O–H groups in total. The molecule has 0 radical (unpaired) electrons. The van der Waals surface area contributed by atoms with Gasteiger partial charge in [0, 0.05) is 5.92 Å². The van der Waals surface area contributed by atoms with Crippen molar-refractivity contribution in [2.45, 2.75) is 38.3 Å². The van der Waals surface area contributed by atoms with Gasteiger partial charge in [-0.05, 0) is 27.2 Å². The molecule has 2 atom stereocenters. The Labute approximate surface area is 90.3 Å². The zero-order valence-electron chi connectivity index (χ0n) is 9.54. The molecule has 0 aromatic heterocycles. The Bertz CT molecular complexity index is 269. The highest BCUT2D eigenvalue weighted by Crippen LogP contribution is 2.43. The van der Waals surface area contributed by atoms with E-state index in [4.69, 9.17) is 4.74 Å². The topological polar surface area (TPSA) is 58.6 Å². The zero-order chi connectivity index (χ0) is 11.7. The summed E-state index contributed by atoms with van der Waals surface area (Å²) in [4.78, 5) is 11.5. The minimum absolute atomic E-state index is 0.0804. The van der Waals surface area contributed by atoms with E-state index in [1.165, 1.54) is 0 Å². The molecule has 1 saturated carbocycles. The highest BCUT2D eigenvalue weighted by molar-refractivity contribution is 5.69. The van der Waals surface area contributed by atoms with Gasteiger partial charge in [0.05, 0.1) is 12.1 Å². The quantitative estimate of drug-likeness (QED) is 0.697. The summed E-state index contributed by atoms with van der Waals surface area (Å²) >= 11 is 0. The third-order valence-electron chi connectivity index (χ3n) is 2.45. The van der Waals surface area contributed by atoms with Gasteiger partial charge in [0.15, 0.2) is 0 Å². The van der Waals surface area contributed by atoms with E-state index in [0.29, 0.717) is 0 Å². The number of hydrogen-bond donors (Lipinski definition) is 2. The summed E-state index contributed by atoms with van der Waals surface area (Å²) in [5.74, 6) is 0.148. The second-order valence-corrected chi connectivity index (χ2v) is 4.99. The third-order valence-corrected chi connectivity index (χ3v) is 2.45. The molecule has 1 aliphatic carbocycles. The fourth-order valence-electron chi connectivity index (χ4n) is 1.51. The summed E-state index contributed by atoms with van der Waals surface area (Å²) in [5, 5.41) is 11.9. The number of alkyl carbamates (subject to hydrolysis) is 1. The molecule has 1 amide bonds. The van der Waals surface area contributed by atoms with Crippen molar-refractivity contribution in [3.63, 3.8) is 0 Å². The Balaban J connectivity index is 2.48. The lowest BCUT2D eigenvalue weighted by molar-refractivity contribution is 0.0466. The first-order valence-electron chi connectivity index (χ1n) is 5.07. The molecule has 1 fully saturated rings. The van der Waals surface area contributed by atoms with Crippen molar-refractivity contribution in [3.8, 4) is 0 Å². The molecule has 1 rings (SSSR count). The predicted molar refractivity (Wildman–Crippen MR) is 57.5 cm³/mol. The fraction of sp³-hybridized carbons (Fsp3) is 0.727. The van der Waals surface area contributed by atoms with Gasteiger partial charge in [-0.2, -0.15) is 0 Å². The molecule has 4 heteroatoms. The normalized spacial score (nSPS) is 29.5. The average Bonchev–Trinajstić information content (AvgIpc) is 2.76. The van der Waals surface area contributed by atoms with E-state index in [-0.39, 0.29) is 12.5 Å². The molecule has 0 bridgehead atoms. The first-order chi connectivity index (χ1) is 6.83. The Hall–Kier alpha value is -1.03. The molecule has 0 heterocycles. The maximum Gasteiger partial charge on any atom is 0.408 e. The minimum Gasteiger partial charge on any atom is -0.444 e. The second-order valence-electron chi connectivity index (χ2n) is 4.99. The number of carbonyl (C=O) groups excluding carboxylic acids is 1. The number of hydrogen-bond acceptors (Lipinski definition) is 3. The average molecular weight is 213 g/mol. The highest BCUT2D eigenvalue weighted by Gasteiger charge is 2.53. The monoisotopic (exact) mass is 213 g/mol. The molecular weight excluding hydrogens is 194 g/mol. The number of aliphatic hydroxyl groups is 1. The van der Waals surface area contributed by atoms with Crippen molar-refractivity contribution in [1.29, 1.82) is 0 Å². The second kappa shape index (κ2) is 3.85. The van der Waals surface area contributed by atoms with Crippen LogP contribution in [0.5, 0.6) is 0 Å². The minimum atomic E-state index is -0.538. The van der Waals surface area contributed by atoms with Gasteiger partial charge in [0.25, 0.3) is 0 Å². The van der Waals surface area contributed by atoms with Crippen LogP contribution in [0.2, 0.25) is 0 Å². The number of ether oxygens (including phenoxy) is 1. The first-order valence-corrected chi connectivity index (χ1v) is 5.07. The Morgan fingerprint density at radius 3 is 2.67 bits per heavy atom. The van der Waals surface area contributed by atoms with E-state index in [1.54, 1.807) is 26.8 Å². The smallest absolute Gasteiger partial charge is 0.408 e. The predicted octanol–water partition coefficient (Wildman–Crippen LogP) is 1.45. The molecule has 86 valence electrons. The Morgan fingerprint density at radius 1 is 1.73 bits per heavy atom. The number of aliphatic hydroxyl groups excluding tert-OH is 1. The molecule has 0 saturated heterocycles. The molecule has 15 heavy (non-hydrogen) atoms. The van der Waals surface area contributed by atoms with Crippen LogP contribution in [0, 0.1) is 5.92 Å². The number of rotatable bonds is 3. The maximum atomic E-state index is 11.5. The molecule has 0 aliphatic heterocycles. The summed E-state index contributed by atoms with van der Waals surface area (Å²) in [6, 6.07) is 0. The Morgan fingerprint density at radius 2 is 2.33 bits per heavy atom. The lowest BCUT2D eigenvalue weighted by atomic mass is 10.2. The summed E-state index contributed by atoms with van der Waals surface area (Å²) in [6.45, 7) is 8.97. The van der Waals surface area contributed by atoms with Crippen LogP contribution in [-0.4, -0.2) is 28.9 Å². The van der Waals surface area contributed by atoms with Gasteiger partial charge < -0.3 is 15.2 Å². The van der Waals surface area contributed by atoms with E-state index in [2.05, 4.69) is 11.9 Å². The van der Waals surface area contributed by atoms with Crippen LogP contribution in [0.1, 0.15) is 27.2 Å². The van der Waals surface area contributed by atoms with Crippen molar-refractivity contribution in [2.75, 3.05) is 6.61 Å². The van der Waals surface area contributed by atoms with E-state index in [1.807, 2.05) is 0 Å². The largest absolute Gasteiger partial charge is 0.444 e. The van der Waals surface area contributed by atoms with Crippen LogP contribution in [0.15, 0.2) is 12.7 Å². The van der Waals surface area contributed by atoms with E-state index in [0.717, 1.165) is 6.42 Å². The van der Waals surface area contributed by atoms with Crippen LogP contribution < -0.4 is 5.32 Å². The summed E-state index contributed by atoms with van der Waals surface area (Å²) in [7, 11) is 0. The van der Waals surface area contributed by atoms with Crippen molar-refractivity contribution in [3.05, 3.63) is 12.7 Å². The fourth-order valence-corrected chi connectivity index (χ4v) is 1.51. The van der Waals surface area contributed by atoms with Crippen LogP contribution in [0.3, 0.4) is 0 Å². The molecule has 0 aromatic rings. The lowest BCUT2D eigenvalue weighted by Gasteiger charge is -2.23. The molecular formula is C11H19NO3. The Kier molecular flexibility index (Phi) is 3.09. The molecule has 2 unspecified atom stereocenters. The highest BCUT2D eigenvalue weighted by atomic mass is 16.6. The van der Waals surface area contributed by atoms with Gasteiger partial charge in [-0.15, -0.1) is 6.58 Å². The van der Waals surface area contributed by atoms with Gasteiger partial charge in [0.2, 0.25) is 0 Å². The summed E-state index contributed by atoms with van der Waals surface area (Å²) in [6.07, 6.45) is 1.99. The van der Waals surface area contributed by atoms with E-state index >= 15 is 0 Å². The summed E-state index contributed by atoms with van der Waals surface area (Å²) < 4.78 is 5.11. The van der Waals surface area contributed by atoms with Gasteiger partial charge >= 0.3 is 6.09 Å². The lowest BCUT2D eigenvalue weighted by Crippen LogP contribution is -2.44. The number of amides is 1. The maximum absolute atomic E-state index is 11.5. The van der Waals surface area contributed by atoms with E-state index in [9.17, 15) is 9.90 Å². The van der Waals surface area contributed by atoms with Crippen molar-refractivity contribution >= 4 is 6.09 Å². The third kappa shape index (κ3) is 2.96. The van der Waals surface area contributed by atoms with Crippen LogP contribution in [0.4, 0.5) is 4.79 Å². The number of nitrogens with one attached hydrogen (secondary N) is 1. The van der Waals surface area contributed by atoms with Gasteiger partial charge in [0.1, 0.15) is 5.60 Å². The zero-order valence-corrected chi connectivity index (χ0v) is 9.54. The van der Waals surface area contributed by atoms with Crippen LogP contribution in [0.25, 0.3) is 0 Å². The van der Waals surface area contributed by atoms with Crippen molar-refractivity contribution in [1.82, 2.24) is 5.32 Å². The van der Waals surface area contributed by atoms with Crippen molar-refractivity contribution < 1.29 is 14.6 Å². The van der Waals surface area contributed by atoms with Crippen LogP contribution in [-0.2, 0) is 4.74 Å². The first kappa shape index (κ1) is 12.0. The summed E-state index contributed by atoms with van der Waals surface area (Å²) in [5.41, 5.74) is -1.05.